The van der Waals surface area contributed by atoms with Crippen molar-refractivity contribution < 1.29 is 19.4 Å². The van der Waals surface area contributed by atoms with Crippen LogP contribution in [0.1, 0.15) is 53.7 Å². The van der Waals surface area contributed by atoms with E-state index in [-0.39, 0.29) is 23.6 Å². The Balaban J connectivity index is 0.000000222. The number of hydrogen-bond donors (Lipinski definition) is 1. The number of nitrogens with zero attached hydrogens (tertiary/aromatic N) is 2. The van der Waals surface area contributed by atoms with Gasteiger partial charge in [0.1, 0.15) is 22.7 Å². The average molecular weight is 588 g/mol. The van der Waals surface area contributed by atoms with E-state index in [0.29, 0.717) is 5.75 Å². The van der Waals surface area contributed by atoms with Gasteiger partial charge in [0.15, 0.2) is 0 Å². The molecule has 0 saturated carbocycles. The van der Waals surface area contributed by atoms with Crippen molar-refractivity contribution in [2.24, 2.45) is 0 Å². The summed E-state index contributed by atoms with van der Waals surface area (Å²) in [6.07, 6.45) is 4.92. The zero-order valence-electron chi connectivity index (χ0n) is 24.0. The minimum atomic E-state index is -0.977. The molecule has 8 heteroatoms. The fraction of sp³-hybridized carbons (Fsp3) is 0.406. The highest BCUT2D eigenvalue weighted by atomic mass is 35.5. The SMILES string of the molecule is CN(C)CCCN1c2ccccc2CCc2ccc(Cl)cc21.COc1c(C(=O)O)ccc2c1CCC(C)(C)O2.Cl. The van der Waals surface area contributed by atoms with Gasteiger partial charge in [0.2, 0.25) is 0 Å². The third kappa shape index (κ3) is 7.42. The number of carboxylic acid groups (broad SMARTS) is 1. The summed E-state index contributed by atoms with van der Waals surface area (Å²) in [5.41, 5.74) is 6.27. The third-order valence-corrected chi connectivity index (χ3v) is 7.52. The Morgan fingerprint density at radius 3 is 2.42 bits per heavy atom. The molecule has 0 spiro atoms. The molecule has 40 heavy (non-hydrogen) atoms. The molecule has 0 saturated heterocycles. The molecule has 0 radical (unpaired) electrons. The number of halogens is 2. The quantitative estimate of drug-likeness (QED) is 0.323. The van der Waals surface area contributed by atoms with E-state index >= 15 is 0 Å². The number of benzene rings is 3. The second kappa shape index (κ2) is 13.6. The predicted molar refractivity (Wildman–Crippen MR) is 166 cm³/mol. The molecule has 0 atom stereocenters. The molecule has 1 N–H and O–H groups in total. The van der Waals surface area contributed by atoms with E-state index in [4.69, 9.17) is 26.2 Å². The standard InChI is InChI=1S/C19H23ClN2.C13H16O4.ClH/c1-21(2)12-5-13-22-18-7-4-3-6-15(18)8-9-16-10-11-17(20)14-19(16)22;1-13(2)7-6-8-10(17-13)5-4-9(12(14)15)11(8)16-3;/h3-4,6-7,10-11,14H,5,8-9,12-13H2,1-2H3;4-5H,6-7H2,1-3H3,(H,14,15);1H. The molecule has 2 aliphatic heterocycles. The van der Waals surface area contributed by atoms with Gasteiger partial charge in [0.25, 0.3) is 0 Å². The number of anilines is 2. The zero-order valence-corrected chi connectivity index (χ0v) is 25.6. The fourth-order valence-corrected chi connectivity index (χ4v) is 5.46. The van der Waals surface area contributed by atoms with E-state index in [1.807, 2.05) is 19.9 Å². The van der Waals surface area contributed by atoms with Crippen molar-refractivity contribution in [1.82, 2.24) is 4.90 Å². The van der Waals surface area contributed by atoms with Crippen molar-refractivity contribution in [3.63, 3.8) is 0 Å². The normalized spacial score (nSPS) is 14.7. The van der Waals surface area contributed by atoms with Crippen molar-refractivity contribution >= 4 is 41.4 Å². The third-order valence-electron chi connectivity index (χ3n) is 7.29. The summed E-state index contributed by atoms with van der Waals surface area (Å²) in [6, 6.07) is 18.3. The average Bonchev–Trinajstić information content (AvgIpc) is 3.04. The van der Waals surface area contributed by atoms with Gasteiger partial charge in [-0.05, 0) is 108 Å². The van der Waals surface area contributed by atoms with E-state index in [9.17, 15) is 4.79 Å². The van der Waals surface area contributed by atoms with E-state index < -0.39 is 5.97 Å². The van der Waals surface area contributed by atoms with Crippen molar-refractivity contribution in [2.45, 2.75) is 51.6 Å². The number of fused-ring (bicyclic) bond motifs is 3. The van der Waals surface area contributed by atoms with Gasteiger partial charge in [-0.15, -0.1) is 12.4 Å². The zero-order chi connectivity index (χ0) is 28.2. The Morgan fingerprint density at radius 1 is 1.05 bits per heavy atom. The topological polar surface area (TPSA) is 62.2 Å². The predicted octanol–water partition coefficient (Wildman–Crippen LogP) is 7.45. The second-order valence-electron chi connectivity index (χ2n) is 11.0. The second-order valence-corrected chi connectivity index (χ2v) is 11.4. The Hall–Kier alpha value is -2.93. The number of carboxylic acids is 1. The van der Waals surface area contributed by atoms with Crippen LogP contribution < -0.4 is 14.4 Å². The van der Waals surface area contributed by atoms with Gasteiger partial charge < -0.3 is 24.4 Å². The monoisotopic (exact) mass is 586 g/mol. The van der Waals surface area contributed by atoms with Crippen LogP contribution in [-0.2, 0) is 19.3 Å². The Bertz CT molecular complexity index is 1330. The number of methoxy groups -OCH3 is 1. The van der Waals surface area contributed by atoms with Gasteiger partial charge in [-0.3, -0.25) is 0 Å². The van der Waals surface area contributed by atoms with E-state index in [1.165, 1.54) is 35.7 Å². The first-order chi connectivity index (χ1) is 18.6. The summed E-state index contributed by atoms with van der Waals surface area (Å²) < 4.78 is 11.0. The number of para-hydroxylation sites is 1. The minimum Gasteiger partial charge on any atom is -0.495 e. The highest BCUT2D eigenvalue weighted by Crippen LogP contribution is 2.40. The van der Waals surface area contributed by atoms with Gasteiger partial charge in [0.05, 0.1) is 7.11 Å². The molecule has 0 aliphatic carbocycles. The molecule has 0 bridgehead atoms. The van der Waals surface area contributed by atoms with Crippen molar-refractivity contribution in [2.75, 3.05) is 39.2 Å². The number of carbonyl (C=O) groups is 1. The number of rotatable bonds is 6. The molecule has 216 valence electrons. The smallest absolute Gasteiger partial charge is 0.339 e. The van der Waals surface area contributed by atoms with Crippen LogP contribution in [0.3, 0.4) is 0 Å². The Morgan fingerprint density at radius 2 is 1.75 bits per heavy atom. The van der Waals surface area contributed by atoms with E-state index in [1.54, 1.807) is 6.07 Å². The maximum absolute atomic E-state index is 11.1. The van der Waals surface area contributed by atoms with Crippen LogP contribution >= 0.6 is 24.0 Å². The summed E-state index contributed by atoms with van der Waals surface area (Å²) in [6.45, 7) is 6.15. The molecule has 0 fully saturated rings. The van der Waals surface area contributed by atoms with Crippen LogP contribution in [0.2, 0.25) is 5.02 Å². The van der Waals surface area contributed by atoms with E-state index in [2.05, 4.69) is 60.3 Å². The molecule has 3 aromatic rings. The van der Waals surface area contributed by atoms with Crippen LogP contribution in [0.25, 0.3) is 0 Å². The summed E-state index contributed by atoms with van der Waals surface area (Å²) in [5.74, 6) is 0.170. The molecule has 0 amide bonds. The van der Waals surface area contributed by atoms with Gasteiger partial charge in [-0.25, -0.2) is 4.79 Å². The number of aromatic carboxylic acids is 1. The lowest BCUT2D eigenvalue weighted by atomic mass is 9.92. The molecular weight excluding hydrogens is 547 g/mol. The number of aryl methyl sites for hydroxylation is 2. The van der Waals surface area contributed by atoms with Gasteiger partial charge in [0, 0.05) is 28.5 Å². The molecule has 6 nitrogen and oxygen atoms in total. The minimum absolute atomic E-state index is 0. The van der Waals surface area contributed by atoms with Crippen LogP contribution in [0.15, 0.2) is 54.6 Å². The van der Waals surface area contributed by atoms with Crippen molar-refractivity contribution in [3.8, 4) is 11.5 Å². The Labute approximate surface area is 249 Å². The molecule has 0 aromatic heterocycles. The molecule has 2 aliphatic rings. The van der Waals surface area contributed by atoms with Crippen LogP contribution in [-0.4, -0.2) is 55.9 Å². The first-order valence-electron chi connectivity index (χ1n) is 13.5. The van der Waals surface area contributed by atoms with Gasteiger partial charge in [-0.1, -0.05) is 35.9 Å². The molecule has 5 rings (SSSR count). The lowest BCUT2D eigenvalue weighted by molar-refractivity contribution is 0.0690. The maximum atomic E-state index is 11.1. The van der Waals surface area contributed by atoms with Crippen LogP contribution in [0.5, 0.6) is 11.5 Å². The summed E-state index contributed by atoms with van der Waals surface area (Å²) in [4.78, 5) is 15.8. The highest BCUT2D eigenvalue weighted by Gasteiger charge is 2.30. The van der Waals surface area contributed by atoms with Gasteiger partial charge in [-0.2, -0.15) is 0 Å². The van der Waals surface area contributed by atoms with Crippen LogP contribution in [0, 0.1) is 0 Å². The maximum Gasteiger partial charge on any atom is 0.339 e. The van der Waals surface area contributed by atoms with Crippen molar-refractivity contribution in [1.29, 1.82) is 0 Å². The first kappa shape index (κ1) is 31.6. The molecule has 2 heterocycles. The largest absolute Gasteiger partial charge is 0.495 e. The highest BCUT2D eigenvalue weighted by molar-refractivity contribution is 6.30. The van der Waals surface area contributed by atoms with Crippen LogP contribution in [0.4, 0.5) is 11.4 Å². The molecule has 0 unspecified atom stereocenters. The number of hydrogen-bond acceptors (Lipinski definition) is 5. The lowest BCUT2D eigenvalue weighted by Gasteiger charge is -2.33. The van der Waals surface area contributed by atoms with Crippen molar-refractivity contribution in [3.05, 3.63) is 81.9 Å². The van der Waals surface area contributed by atoms with E-state index in [0.717, 1.165) is 61.5 Å². The Kier molecular flexibility index (Phi) is 10.8. The fourth-order valence-electron chi connectivity index (χ4n) is 5.29. The summed E-state index contributed by atoms with van der Waals surface area (Å²) in [7, 11) is 5.74. The lowest BCUT2D eigenvalue weighted by Crippen LogP contribution is -2.32. The first-order valence-corrected chi connectivity index (χ1v) is 13.9. The summed E-state index contributed by atoms with van der Waals surface area (Å²) in [5, 5.41) is 9.90. The van der Waals surface area contributed by atoms with Gasteiger partial charge >= 0.3 is 5.97 Å². The number of ether oxygens (including phenoxy) is 2. The molecule has 3 aromatic carbocycles. The summed E-state index contributed by atoms with van der Waals surface area (Å²) >= 11 is 6.27. The molecular formula is C32H40Cl2N2O4.